The van der Waals surface area contributed by atoms with E-state index in [0.29, 0.717) is 11.8 Å². The number of primary amides is 1. The quantitative estimate of drug-likeness (QED) is 0.629. The van der Waals surface area contributed by atoms with E-state index in [2.05, 4.69) is 6.08 Å². The van der Waals surface area contributed by atoms with E-state index >= 15 is 0 Å². The van der Waals surface area contributed by atoms with Crippen LogP contribution in [0.5, 0.6) is 0 Å². The van der Waals surface area contributed by atoms with Crippen molar-refractivity contribution in [1.29, 1.82) is 0 Å². The molecule has 0 aromatic rings. The zero-order valence-corrected chi connectivity index (χ0v) is 8.12. The van der Waals surface area contributed by atoms with Crippen molar-refractivity contribution in [3.8, 4) is 0 Å². The summed E-state index contributed by atoms with van der Waals surface area (Å²) < 4.78 is 0. The van der Waals surface area contributed by atoms with E-state index in [0.717, 1.165) is 12.1 Å². The summed E-state index contributed by atoms with van der Waals surface area (Å²) in [5.41, 5.74) is 10.9. The first kappa shape index (κ1) is 10.3. The molecular formula is C10H18N2O. The Hall–Kier alpha value is -0.830. The van der Waals surface area contributed by atoms with Crippen LogP contribution in [0.4, 0.5) is 0 Å². The lowest BCUT2D eigenvalue weighted by atomic mass is 9.98. The van der Waals surface area contributed by atoms with Gasteiger partial charge in [-0.15, -0.1) is 0 Å². The number of allylic oxidation sites excluding steroid dienone is 1. The van der Waals surface area contributed by atoms with E-state index in [1.165, 1.54) is 19.3 Å². The summed E-state index contributed by atoms with van der Waals surface area (Å²) in [5.74, 6) is 0.988. The lowest BCUT2D eigenvalue weighted by molar-refractivity contribution is -0.115. The van der Waals surface area contributed by atoms with Crippen LogP contribution in [-0.4, -0.2) is 12.5 Å². The molecule has 0 spiro atoms. The van der Waals surface area contributed by atoms with Gasteiger partial charge in [0.25, 0.3) is 0 Å². The van der Waals surface area contributed by atoms with Crippen LogP contribution in [0.2, 0.25) is 0 Å². The van der Waals surface area contributed by atoms with Crippen molar-refractivity contribution in [2.24, 2.45) is 23.3 Å². The Labute approximate surface area is 79.2 Å². The Bertz CT molecular complexity index is 223. The third kappa shape index (κ3) is 2.31. The van der Waals surface area contributed by atoms with E-state index in [9.17, 15) is 4.79 Å². The first-order valence-electron chi connectivity index (χ1n) is 4.90. The molecule has 0 aromatic heterocycles. The number of nitrogens with two attached hydrogens (primary N) is 2. The maximum absolute atomic E-state index is 10.7. The summed E-state index contributed by atoms with van der Waals surface area (Å²) in [6.45, 7) is 2.65. The second kappa shape index (κ2) is 4.42. The molecule has 4 N–H and O–H groups in total. The molecule has 2 aliphatic rings. The minimum absolute atomic E-state index is 0.202. The summed E-state index contributed by atoms with van der Waals surface area (Å²) in [6.07, 6.45) is 5.69. The highest BCUT2D eigenvalue weighted by Crippen LogP contribution is 2.43. The van der Waals surface area contributed by atoms with E-state index in [-0.39, 0.29) is 5.91 Å². The number of hydrogen-bond acceptors (Lipinski definition) is 2. The molecule has 1 amide bonds. The van der Waals surface area contributed by atoms with Gasteiger partial charge >= 0.3 is 0 Å². The number of fused-ring (bicyclic) bond motifs is 2. The third-order valence-electron chi connectivity index (χ3n) is 2.61. The van der Waals surface area contributed by atoms with Crippen LogP contribution in [0.1, 0.15) is 26.2 Å². The number of carbonyl (C=O) groups is 1. The van der Waals surface area contributed by atoms with Crippen molar-refractivity contribution in [3.63, 3.8) is 0 Å². The van der Waals surface area contributed by atoms with E-state index < -0.39 is 0 Å². The summed E-state index contributed by atoms with van der Waals surface area (Å²) >= 11 is 0. The molecular weight excluding hydrogens is 164 g/mol. The molecule has 3 heteroatoms. The molecule has 2 atom stereocenters. The Balaban J connectivity index is 0.000000251. The highest BCUT2D eigenvalue weighted by atomic mass is 16.1. The van der Waals surface area contributed by atoms with Crippen LogP contribution in [0.25, 0.3) is 0 Å². The molecule has 3 nitrogen and oxygen atoms in total. The Morgan fingerprint density at radius 2 is 2.23 bits per heavy atom. The maximum Gasteiger partial charge on any atom is 0.244 e. The second-order valence-corrected chi connectivity index (χ2v) is 3.66. The number of amides is 1. The molecule has 1 saturated carbocycles. The minimum Gasteiger partial charge on any atom is -0.366 e. The maximum atomic E-state index is 10.7. The molecule has 74 valence electrons. The number of rotatable bonds is 1. The molecule has 0 aliphatic heterocycles. The minimum atomic E-state index is -0.202. The van der Waals surface area contributed by atoms with Gasteiger partial charge in [0.15, 0.2) is 0 Å². The van der Waals surface area contributed by atoms with Crippen molar-refractivity contribution in [2.75, 3.05) is 6.54 Å². The van der Waals surface area contributed by atoms with Crippen molar-refractivity contribution < 1.29 is 4.79 Å². The predicted molar refractivity (Wildman–Crippen MR) is 52.8 cm³/mol. The van der Waals surface area contributed by atoms with Gasteiger partial charge in [0.2, 0.25) is 5.91 Å². The summed E-state index contributed by atoms with van der Waals surface area (Å²) in [6, 6.07) is 0. The summed E-state index contributed by atoms with van der Waals surface area (Å²) in [5, 5.41) is 0. The molecule has 1 fully saturated rings. The molecule has 2 rings (SSSR count). The van der Waals surface area contributed by atoms with E-state index in [1.54, 1.807) is 0 Å². The molecule has 0 aromatic carbocycles. The molecule has 0 heterocycles. The van der Waals surface area contributed by atoms with Gasteiger partial charge in [0.1, 0.15) is 0 Å². The molecule has 0 saturated heterocycles. The molecule has 2 unspecified atom stereocenters. The number of hydrogen-bond donors (Lipinski definition) is 2. The van der Waals surface area contributed by atoms with Crippen LogP contribution in [0.3, 0.4) is 0 Å². The highest BCUT2D eigenvalue weighted by molar-refractivity contribution is 5.93. The van der Waals surface area contributed by atoms with Gasteiger partial charge < -0.3 is 11.5 Å². The molecule has 2 bridgehead atoms. The van der Waals surface area contributed by atoms with Crippen LogP contribution in [0, 0.1) is 11.8 Å². The molecule has 0 radical (unpaired) electrons. The lowest BCUT2D eigenvalue weighted by Gasteiger charge is -2.07. The monoisotopic (exact) mass is 182 g/mol. The largest absolute Gasteiger partial charge is 0.366 e. The average molecular weight is 182 g/mol. The van der Waals surface area contributed by atoms with Gasteiger partial charge in [-0.2, -0.15) is 0 Å². The van der Waals surface area contributed by atoms with Gasteiger partial charge in [-0.05, 0) is 37.6 Å². The van der Waals surface area contributed by atoms with Crippen LogP contribution >= 0.6 is 0 Å². The first-order valence-corrected chi connectivity index (χ1v) is 4.90. The highest BCUT2D eigenvalue weighted by Gasteiger charge is 2.34. The fourth-order valence-corrected chi connectivity index (χ4v) is 2.12. The van der Waals surface area contributed by atoms with Gasteiger partial charge in [-0.1, -0.05) is 13.0 Å². The Morgan fingerprint density at radius 3 is 2.46 bits per heavy atom. The van der Waals surface area contributed by atoms with Crippen LogP contribution < -0.4 is 11.5 Å². The fraction of sp³-hybridized carbons (Fsp3) is 0.700. The van der Waals surface area contributed by atoms with Crippen LogP contribution in [0.15, 0.2) is 11.6 Å². The smallest absolute Gasteiger partial charge is 0.244 e. The van der Waals surface area contributed by atoms with Crippen molar-refractivity contribution in [3.05, 3.63) is 11.6 Å². The first-order chi connectivity index (χ1) is 6.19. The Morgan fingerprint density at radius 1 is 1.62 bits per heavy atom. The standard InChI is InChI=1S/C8H11NO.C2H7N/c9-8(10)7-4-5-1-2-6(7)3-5;1-2-3/h4-6H,1-3H2,(H2,9,10);2-3H2,1H3. The fourth-order valence-electron chi connectivity index (χ4n) is 2.12. The van der Waals surface area contributed by atoms with E-state index in [1.807, 2.05) is 6.92 Å². The average Bonchev–Trinajstić information content (AvgIpc) is 2.64. The summed E-state index contributed by atoms with van der Waals surface area (Å²) in [7, 11) is 0. The SMILES string of the molecule is CCN.NC(=O)C1=CC2CCC1C2. The topological polar surface area (TPSA) is 69.1 Å². The van der Waals surface area contributed by atoms with Crippen molar-refractivity contribution >= 4 is 5.91 Å². The molecule has 13 heavy (non-hydrogen) atoms. The Kier molecular flexibility index (Phi) is 3.48. The van der Waals surface area contributed by atoms with Gasteiger partial charge in [-0.25, -0.2) is 0 Å². The number of carbonyl (C=O) groups excluding carboxylic acids is 1. The normalized spacial score (nSPS) is 29.2. The van der Waals surface area contributed by atoms with Crippen molar-refractivity contribution in [1.82, 2.24) is 0 Å². The third-order valence-corrected chi connectivity index (χ3v) is 2.61. The zero-order chi connectivity index (χ0) is 9.84. The summed E-state index contributed by atoms with van der Waals surface area (Å²) in [4.78, 5) is 10.7. The predicted octanol–water partition coefficient (Wildman–Crippen LogP) is 0.793. The van der Waals surface area contributed by atoms with E-state index in [4.69, 9.17) is 11.5 Å². The zero-order valence-electron chi connectivity index (χ0n) is 8.12. The van der Waals surface area contributed by atoms with Crippen LogP contribution in [-0.2, 0) is 4.79 Å². The lowest BCUT2D eigenvalue weighted by Crippen LogP contribution is -2.18. The van der Waals surface area contributed by atoms with Gasteiger partial charge in [0, 0.05) is 5.57 Å². The second-order valence-electron chi connectivity index (χ2n) is 3.66. The van der Waals surface area contributed by atoms with Gasteiger partial charge in [0.05, 0.1) is 0 Å². The van der Waals surface area contributed by atoms with Gasteiger partial charge in [-0.3, -0.25) is 4.79 Å². The molecule has 2 aliphatic carbocycles. The van der Waals surface area contributed by atoms with Crippen molar-refractivity contribution in [2.45, 2.75) is 26.2 Å².